The van der Waals surface area contributed by atoms with Crippen LogP contribution in [0.5, 0.6) is 0 Å². The van der Waals surface area contributed by atoms with Gasteiger partial charge in [0.25, 0.3) is 0 Å². The standard InChI is InChI=1S/C10H18O/c1-4-6-7-9-11-10(3)8-5-2/h5H,4,6-7,9H2,1-3H3. The molecule has 0 saturated carbocycles. The van der Waals surface area contributed by atoms with Crippen LogP contribution in [-0.2, 0) is 4.74 Å². The Hall–Kier alpha value is -0.680. The first-order chi connectivity index (χ1) is 5.31. The van der Waals surface area contributed by atoms with Crippen LogP contribution in [0, 0.1) is 0 Å². The van der Waals surface area contributed by atoms with Crippen molar-refractivity contribution in [3.63, 3.8) is 0 Å². The monoisotopic (exact) mass is 154 g/mol. The summed E-state index contributed by atoms with van der Waals surface area (Å²) in [5.41, 5.74) is 2.99. The molecule has 0 N–H and O–H groups in total. The van der Waals surface area contributed by atoms with Crippen LogP contribution >= 0.6 is 0 Å². The normalized spacial score (nSPS) is 8.64. The summed E-state index contributed by atoms with van der Waals surface area (Å²) in [7, 11) is 0. The smallest absolute Gasteiger partial charge is 0.135 e. The first kappa shape index (κ1) is 10.3. The van der Waals surface area contributed by atoms with Gasteiger partial charge in [-0.15, -0.1) is 0 Å². The van der Waals surface area contributed by atoms with Crippen molar-refractivity contribution >= 4 is 0 Å². The van der Waals surface area contributed by atoms with E-state index in [1.54, 1.807) is 0 Å². The molecule has 0 amide bonds. The predicted molar refractivity (Wildman–Crippen MR) is 48.4 cm³/mol. The largest absolute Gasteiger partial charge is 0.490 e. The molecule has 1 heteroatoms. The van der Waals surface area contributed by atoms with Crippen molar-refractivity contribution < 1.29 is 4.74 Å². The molecule has 0 saturated heterocycles. The molecule has 1 nitrogen and oxygen atoms in total. The Kier molecular flexibility index (Phi) is 6.97. The van der Waals surface area contributed by atoms with Crippen molar-refractivity contribution in [2.45, 2.75) is 40.0 Å². The van der Waals surface area contributed by atoms with Crippen molar-refractivity contribution in [1.29, 1.82) is 0 Å². The molecule has 0 aromatic heterocycles. The maximum Gasteiger partial charge on any atom is 0.135 e. The molecule has 0 unspecified atom stereocenters. The maximum absolute atomic E-state index is 5.36. The summed E-state index contributed by atoms with van der Waals surface area (Å²) in [5.74, 6) is 0.892. The van der Waals surface area contributed by atoms with Gasteiger partial charge in [0.1, 0.15) is 5.76 Å². The Morgan fingerprint density at radius 3 is 2.73 bits per heavy atom. The lowest BCUT2D eigenvalue weighted by Crippen LogP contribution is -1.90. The molecule has 0 heterocycles. The molecular formula is C10H18O. The van der Waals surface area contributed by atoms with Crippen LogP contribution in [-0.4, -0.2) is 6.61 Å². The third-order valence-electron chi connectivity index (χ3n) is 1.41. The van der Waals surface area contributed by atoms with Crippen LogP contribution in [0.15, 0.2) is 17.6 Å². The summed E-state index contributed by atoms with van der Waals surface area (Å²) >= 11 is 0. The second-order valence-corrected chi connectivity index (χ2v) is 2.54. The minimum Gasteiger partial charge on any atom is -0.490 e. The quantitative estimate of drug-likeness (QED) is 0.335. The number of allylic oxidation sites excluding steroid dienone is 1. The van der Waals surface area contributed by atoms with Crippen LogP contribution < -0.4 is 0 Å². The third kappa shape index (κ3) is 7.21. The molecule has 0 aromatic carbocycles. The van der Waals surface area contributed by atoms with E-state index < -0.39 is 0 Å². The Morgan fingerprint density at radius 2 is 2.18 bits per heavy atom. The van der Waals surface area contributed by atoms with E-state index in [1.165, 1.54) is 12.8 Å². The van der Waals surface area contributed by atoms with E-state index in [-0.39, 0.29) is 0 Å². The summed E-state index contributed by atoms with van der Waals surface area (Å²) in [5, 5.41) is 0. The molecule has 0 spiro atoms. The van der Waals surface area contributed by atoms with E-state index >= 15 is 0 Å². The second kappa shape index (κ2) is 7.43. The van der Waals surface area contributed by atoms with Gasteiger partial charge in [-0.05, 0) is 19.4 Å². The first-order valence-corrected chi connectivity index (χ1v) is 4.32. The van der Waals surface area contributed by atoms with Crippen LogP contribution in [0.4, 0.5) is 0 Å². The minimum absolute atomic E-state index is 0.834. The highest BCUT2D eigenvalue weighted by Gasteiger charge is 1.87. The fourth-order valence-corrected chi connectivity index (χ4v) is 0.822. The van der Waals surface area contributed by atoms with Gasteiger partial charge in [-0.1, -0.05) is 25.5 Å². The van der Waals surface area contributed by atoms with Gasteiger partial charge in [0.2, 0.25) is 0 Å². The highest BCUT2D eigenvalue weighted by atomic mass is 16.5. The summed E-state index contributed by atoms with van der Waals surface area (Å²) < 4.78 is 5.36. The molecule has 0 aliphatic rings. The van der Waals surface area contributed by atoms with Gasteiger partial charge in [-0.25, -0.2) is 0 Å². The number of hydrogen-bond donors (Lipinski definition) is 0. The third-order valence-corrected chi connectivity index (χ3v) is 1.41. The van der Waals surface area contributed by atoms with Crippen molar-refractivity contribution in [3.8, 4) is 0 Å². The molecule has 0 aromatic rings. The van der Waals surface area contributed by atoms with Crippen LogP contribution in [0.2, 0.25) is 0 Å². The van der Waals surface area contributed by atoms with Gasteiger partial charge in [0.15, 0.2) is 0 Å². The Bertz CT molecular complexity index is 141. The molecule has 0 aliphatic carbocycles. The fourth-order valence-electron chi connectivity index (χ4n) is 0.822. The number of ether oxygens (including phenoxy) is 1. The molecule has 0 rings (SSSR count). The van der Waals surface area contributed by atoms with Gasteiger partial charge in [-0.3, -0.25) is 0 Å². The minimum atomic E-state index is 0.834. The number of rotatable bonds is 5. The average Bonchev–Trinajstić information content (AvgIpc) is 1.99. The van der Waals surface area contributed by atoms with E-state index in [0.717, 1.165) is 18.8 Å². The molecule has 0 atom stereocenters. The Morgan fingerprint density at radius 1 is 1.45 bits per heavy atom. The Balaban J connectivity index is 3.32. The zero-order chi connectivity index (χ0) is 8.53. The lowest BCUT2D eigenvalue weighted by molar-refractivity contribution is 0.208. The SMILES string of the molecule is CC=C=C(C)OCCCCC. The summed E-state index contributed by atoms with van der Waals surface area (Å²) in [4.78, 5) is 0. The fraction of sp³-hybridized carbons (Fsp3) is 0.700. The van der Waals surface area contributed by atoms with E-state index in [4.69, 9.17) is 4.74 Å². The summed E-state index contributed by atoms with van der Waals surface area (Å²) in [6.45, 7) is 6.90. The van der Waals surface area contributed by atoms with Crippen molar-refractivity contribution in [1.82, 2.24) is 0 Å². The van der Waals surface area contributed by atoms with Crippen LogP contribution in [0.25, 0.3) is 0 Å². The lowest BCUT2D eigenvalue weighted by atomic mass is 10.3. The van der Waals surface area contributed by atoms with E-state index in [1.807, 2.05) is 19.9 Å². The molecule has 0 radical (unpaired) electrons. The second-order valence-electron chi connectivity index (χ2n) is 2.54. The molecular weight excluding hydrogens is 136 g/mol. The average molecular weight is 154 g/mol. The van der Waals surface area contributed by atoms with E-state index in [0.29, 0.717) is 0 Å². The van der Waals surface area contributed by atoms with E-state index in [9.17, 15) is 0 Å². The van der Waals surface area contributed by atoms with E-state index in [2.05, 4.69) is 12.7 Å². The van der Waals surface area contributed by atoms with Crippen molar-refractivity contribution in [3.05, 3.63) is 17.6 Å². The van der Waals surface area contributed by atoms with Crippen molar-refractivity contribution in [2.24, 2.45) is 0 Å². The molecule has 0 fully saturated rings. The lowest BCUT2D eigenvalue weighted by Gasteiger charge is -2.02. The summed E-state index contributed by atoms with van der Waals surface area (Å²) in [6.07, 6.45) is 5.52. The summed E-state index contributed by atoms with van der Waals surface area (Å²) in [6, 6.07) is 0. The zero-order valence-corrected chi connectivity index (χ0v) is 7.81. The van der Waals surface area contributed by atoms with Gasteiger partial charge in [-0.2, -0.15) is 0 Å². The molecule has 64 valence electrons. The number of unbranched alkanes of at least 4 members (excludes halogenated alkanes) is 2. The van der Waals surface area contributed by atoms with Gasteiger partial charge >= 0.3 is 0 Å². The van der Waals surface area contributed by atoms with Crippen LogP contribution in [0.1, 0.15) is 40.0 Å². The molecule has 11 heavy (non-hydrogen) atoms. The van der Waals surface area contributed by atoms with Gasteiger partial charge in [0.05, 0.1) is 6.61 Å². The maximum atomic E-state index is 5.36. The van der Waals surface area contributed by atoms with Gasteiger partial charge in [0, 0.05) is 6.92 Å². The predicted octanol–water partition coefficient (Wildman–Crippen LogP) is 3.27. The van der Waals surface area contributed by atoms with Gasteiger partial charge < -0.3 is 4.74 Å². The number of hydrogen-bond acceptors (Lipinski definition) is 1. The molecule has 0 aliphatic heterocycles. The zero-order valence-electron chi connectivity index (χ0n) is 7.81. The van der Waals surface area contributed by atoms with Crippen LogP contribution in [0.3, 0.4) is 0 Å². The van der Waals surface area contributed by atoms with Crippen molar-refractivity contribution in [2.75, 3.05) is 6.61 Å². The topological polar surface area (TPSA) is 9.23 Å². The first-order valence-electron chi connectivity index (χ1n) is 4.32. The highest BCUT2D eigenvalue weighted by Crippen LogP contribution is 1.98. The Labute approximate surface area is 69.8 Å². The molecule has 0 bridgehead atoms. The highest BCUT2D eigenvalue weighted by molar-refractivity contribution is 4.87.